The SMILES string of the molecule is CO[C@]1(C)OC[C@H]([C@H](OC(C)=O)[C@H](/C=C/c2ccccc2)OC(C)=O)O[C@@]1(C)OC. The molecule has 0 radical (unpaired) electrons. The molecule has 1 saturated heterocycles. The number of benzene rings is 1. The lowest BCUT2D eigenvalue weighted by Crippen LogP contribution is -2.65. The second-order valence-electron chi connectivity index (χ2n) is 7.18. The van der Waals surface area contributed by atoms with Crippen molar-refractivity contribution < 1.29 is 38.0 Å². The molecule has 1 aliphatic heterocycles. The molecule has 0 unspecified atom stereocenters. The van der Waals surface area contributed by atoms with E-state index in [1.54, 1.807) is 26.0 Å². The van der Waals surface area contributed by atoms with Gasteiger partial charge < -0.3 is 28.4 Å². The lowest BCUT2D eigenvalue weighted by atomic mass is 10.0. The van der Waals surface area contributed by atoms with Crippen molar-refractivity contribution >= 4 is 18.0 Å². The van der Waals surface area contributed by atoms with E-state index in [1.165, 1.54) is 28.1 Å². The van der Waals surface area contributed by atoms with Gasteiger partial charge in [0.2, 0.25) is 11.6 Å². The van der Waals surface area contributed by atoms with Gasteiger partial charge in [0, 0.05) is 28.1 Å². The van der Waals surface area contributed by atoms with Crippen molar-refractivity contribution in [2.45, 2.75) is 57.6 Å². The molecule has 0 aromatic heterocycles. The van der Waals surface area contributed by atoms with Crippen LogP contribution >= 0.6 is 0 Å². The first kappa shape index (κ1) is 24.0. The Balaban J connectivity index is 2.35. The Morgan fingerprint density at radius 1 is 1.03 bits per heavy atom. The van der Waals surface area contributed by atoms with Crippen molar-refractivity contribution in [2.24, 2.45) is 0 Å². The Hall–Kier alpha value is -2.26. The second kappa shape index (κ2) is 10.2. The van der Waals surface area contributed by atoms with E-state index in [4.69, 9.17) is 28.4 Å². The van der Waals surface area contributed by atoms with Crippen molar-refractivity contribution in [1.82, 2.24) is 0 Å². The van der Waals surface area contributed by atoms with Gasteiger partial charge in [-0.3, -0.25) is 9.59 Å². The van der Waals surface area contributed by atoms with Gasteiger partial charge in [0.1, 0.15) is 6.10 Å². The van der Waals surface area contributed by atoms with Crippen molar-refractivity contribution in [3.05, 3.63) is 42.0 Å². The summed E-state index contributed by atoms with van der Waals surface area (Å²) in [6, 6.07) is 9.46. The van der Waals surface area contributed by atoms with Crippen LogP contribution in [-0.4, -0.2) is 62.7 Å². The molecule has 30 heavy (non-hydrogen) atoms. The standard InChI is InChI=1S/C22H30O8/c1-15(23)28-18(13-12-17-10-8-7-9-11-17)20(29-16(2)24)19-14-27-21(3,25-5)22(4,26-6)30-19/h7-13,18-20H,14H2,1-6H3/b13-12+/t18-,19+,20+,21+,22+/m0/s1. The highest BCUT2D eigenvalue weighted by Crippen LogP contribution is 2.38. The molecular weight excluding hydrogens is 392 g/mol. The lowest BCUT2D eigenvalue weighted by Gasteiger charge is -2.50. The summed E-state index contributed by atoms with van der Waals surface area (Å²) >= 11 is 0. The highest BCUT2D eigenvalue weighted by molar-refractivity contribution is 5.68. The Kier molecular flexibility index (Phi) is 8.14. The molecule has 8 nitrogen and oxygen atoms in total. The van der Waals surface area contributed by atoms with Gasteiger partial charge in [-0.25, -0.2) is 0 Å². The highest BCUT2D eigenvalue weighted by Gasteiger charge is 2.56. The molecule has 166 valence electrons. The third-order valence-electron chi connectivity index (χ3n) is 5.08. The van der Waals surface area contributed by atoms with E-state index in [0.29, 0.717) is 0 Å². The number of esters is 2. The molecule has 0 amide bonds. The first-order chi connectivity index (χ1) is 14.1. The molecular formula is C22H30O8. The van der Waals surface area contributed by atoms with Crippen LogP contribution in [0.5, 0.6) is 0 Å². The van der Waals surface area contributed by atoms with Gasteiger partial charge in [0.25, 0.3) is 0 Å². The predicted molar refractivity (Wildman–Crippen MR) is 108 cm³/mol. The molecule has 0 saturated carbocycles. The maximum absolute atomic E-state index is 11.8. The fourth-order valence-electron chi connectivity index (χ4n) is 3.17. The topological polar surface area (TPSA) is 89.5 Å². The molecule has 2 rings (SSSR count). The fraction of sp³-hybridized carbons (Fsp3) is 0.545. The van der Waals surface area contributed by atoms with E-state index < -0.39 is 41.8 Å². The summed E-state index contributed by atoms with van der Waals surface area (Å²) in [5.74, 6) is -3.56. The van der Waals surface area contributed by atoms with Gasteiger partial charge in [0.05, 0.1) is 6.61 Å². The van der Waals surface area contributed by atoms with Gasteiger partial charge in [-0.1, -0.05) is 36.4 Å². The van der Waals surface area contributed by atoms with E-state index in [-0.39, 0.29) is 6.61 Å². The van der Waals surface area contributed by atoms with Gasteiger partial charge in [-0.15, -0.1) is 0 Å². The van der Waals surface area contributed by atoms with Crippen LogP contribution in [0.1, 0.15) is 33.3 Å². The second-order valence-corrected chi connectivity index (χ2v) is 7.18. The predicted octanol–water partition coefficient (Wildman–Crippen LogP) is 2.70. The summed E-state index contributed by atoms with van der Waals surface area (Å²) in [4.78, 5) is 23.6. The van der Waals surface area contributed by atoms with Crippen LogP contribution in [0.2, 0.25) is 0 Å². The highest BCUT2D eigenvalue weighted by atomic mass is 16.8. The van der Waals surface area contributed by atoms with Crippen LogP contribution in [0.15, 0.2) is 36.4 Å². The van der Waals surface area contributed by atoms with Gasteiger partial charge in [-0.2, -0.15) is 0 Å². The third-order valence-corrected chi connectivity index (χ3v) is 5.08. The number of hydrogen-bond donors (Lipinski definition) is 0. The average molecular weight is 422 g/mol. The van der Waals surface area contributed by atoms with E-state index in [2.05, 4.69) is 0 Å². The number of ether oxygens (including phenoxy) is 6. The fourth-order valence-corrected chi connectivity index (χ4v) is 3.17. The molecule has 0 aliphatic carbocycles. The van der Waals surface area contributed by atoms with Crippen molar-refractivity contribution in [2.75, 3.05) is 20.8 Å². The Morgan fingerprint density at radius 3 is 2.17 bits per heavy atom. The van der Waals surface area contributed by atoms with E-state index in [0.717, 1.165) is 5.56 Å². The summed E-state index contributed by atoms with van der Waals surface area (Å²) < 4.78 is 34.0. The molecule has 1 aliphatic rings. The maximum Gasteiger partial charge on any atom is 0.303 e. The quantitative estimate of drug-likeness (QED) is 0.591. The minimum absolute atomic E-state index is 0.0260. The monoisotopic (exact) mass is 422 g/mol. The molecule has 1 aromatic carbocycles. The van der Waals surface area contributed by atoms with Crippen LogP contribution in [-0.2, 0) is 38.0 Å². The molecule has 1 aromatic rings. The molecule has 0 N–H and O–H groups in total. The molecule has 0 bridgehead atoms. The number of rotatable bonds is 8. The van der Waals surface area contributed by atoms with Crippen molar-refractivity contribution in [3.63, 3.8) is 0 Å². The van der Waals surface area contributed by atoms with Crippen LogP contribution in [0.3, 0.4) is 0 Å². The zero-order valence-corrected chi connectivity index (χ0v) is 18.2. The summed E-state index contributed by atoms with van der Waals surface area (Å²) in [5.41, 5.74) is 0.894. The van der Waals surface area contributed by atoms with Crippen LogP contribution in [0, 0.1) is 0 Å². The third kappa shape index (κ3) is 5.66. The van der Waals surface area contributed by atoms with Gasteiger partial charge >= 0.3 is 11.9 Å². The average Bonchev–Trinajstić information content (AvgIpc) is 2.72. The smallest absolute Gasteiger partial charge is 0.303 e. The van der Waals surface area contributed by atoms with Crippen LogP contribution in [0.25, 0.3) is 6.08 Å². The van der Waals surface area contributed by atoms with Crippen molar-refractivity contribution in [3.8, 4) is 0 Å². The summed E-state index contributed by atoms with van der Waals surface area (Å²) in [6.45, 7) is 5.93. The minimum atomic E-state index is -1.30. The van der Waals surface area contributed by atoms with Gasteiger partial charge in [-0.05, 0) is 25.5 Å². The normalized spacial score (nSPS) is 28.7. The molecule has 1 heterocycles. The maximum atomic E-state index is 11.8. The Labute approximate surface area is 177 Å². The van der Waals surface area contributed by atoms with Crippen molar-refractivity contribution in [1.29, 1.82) is 0 Å². The van der Waals surface area contributed by atoms with Crippen LogP contribution < -0.4 is 0 Å². The first-order valence-electron chi connectivity index (χ1n) is 9.64. The van der Waals surface area contributed by atoms with Crippen LogP contribution in [0.4, 0.5) is 0 Å². The largest absolute Gasteiger partial charge is 0.455 e. The number of hydrogen-bond acceptors (Lipinski definition) is 8. The van der Waals surface area contributed by atoms with Gasteiger partial charge in [0.15, 0.2) is 12.2 Å². The summed E-state index contributed by atoms with van der Waals surface area (Å²) in [5, 5.41) is 0. The number of carbonyl (C=O) groups excluding carboxylic acids is 2. The van der Waals surface area contributed by atoms with E-state index in [9.17, 15) is 9.59 Å². The Bertz CT molecular complexity index is 749. The summed E-state index contributed by atoms with van der Waals surface area (Å²) in [6.07, 6.45) is 0.771. The molecule has 8 heteroatoms. The number of methoxy groups -OCH3 is 2. The number of carbonyl (C=O) groups is 2. The summed E-state index contributed by atoms with van der Waals surface area (Å²) in [7, 11) is 2.94. The zero-order valence-electron chi connectivity index (χ0n) is 18.2. The molecule has 1 fully saturated rings. The Morgan fingerprint density at radius 2 is 1.63 bits per heavy atom. The zero-order chi connectivity index (χ0) is 22.4. The van der Waals surface area contributed by atoms with E-state index in [1.807, 2.05) is 30.3 Å². The van der Waals surface area contributed by atoms with E-state index >= 15 is 0 Å². The minimum Gasteiger partial charge on any atom is -0.455 e. The lowest BCUT2D eigenvalue weighted by molar-refractivity contribution is -0.438. The molecule has 0 spiro atoms. The molecule has 5 atom stereocenters. The first-order valence-corrected chi connectivity index (χ1v) is 9.64.